The zero-order valence-electron chi connectivity index (χ0n) is 11.0. The summed E-state index contributed by atoms with van der Waals surface area (Å²) < 4.78 is 0.499. The van der Waals surface area contributed by atoms with Crippen molar-refractivity contribution in [1.82, 2.24) is 5.43 Å². The van der Waals surface area contributed by atoms with Crippen LogP contribution in [0.3, 0.4) is 0 Å². The van der Waals surface area contributed by atoms with Crippen molar-refractivity contribution in [3.05, 3.63) is 50.4 Å². The molecule has 0 spiro atoms. The Bertz CT molecular complexity index is 763. The molecule has 0 atom stereocenters. The first-order chi connectivity index (χ1) is 10.4. The van der Waals surface area contributed by atoms with E-state index in [0.717, 1.165) is 0 Å². The Morgan fingerprint density at radius 1 is 1.23 bits per heavy atom. The molecule has 0 aliphatic carbocycles. The van der Waals surface area contributed by atoms with Crippen LogP contribution < -0.4 is 11.2 Å². The van der Waals surface area contributed by atoms with Crippen molar-refractivity contribution in [2.24, 2.45) is 5.10 Å². The molecule has 1 amide bonds. The average Bonchev–Trinajstić information content (AvgIpc) is 2.50. The fraction of sp³-hybridized carbons (Fsp3) is 0. The Kier molecular flexibility index (Phi) is 5.04. The molecule has 0 aliphatic heterocycles. The van der Waals surface area contributed by atoms with Crippen LogP contribution in [-0.2, 0) is 0 Å². The van der Waals surface area contributed by atoms with Crippen LogP contribution in [-0.4, -0.2) is 22.3 Å². The Hall–Kier alpha value is -2.06. The molecule has 0 heterocycles. The highest BCUT2D eigenvalue weighted by Crippen LogP contribution is 2.40. The van der Waals surface area contributed by atoms with Crippen LogP contribution in [0.1, 0.15) is 15.9 Å². The smallest absolute Gasteiger partial charge is 0.273 e. The summed E-state index contributed by atoms with van der Waals surface area (Å²) in [5, 5.41) is 23.3. The highest BCUT2D eigenvalue weighted by atomic mass is 79.9. The molecule has 0 saturated carbocycles. The molecule has 5 N–H and O–H groups in total. The molecule has 0 aliphatic rings. The molecule has 0 bridgehead atoms. The second kappa shape index (κ2) is 6.80. The lowest BCUT2D eigenvalue weighted by atomic mass is 10.2. The molecule has 0 fully saturated rings. The van der Waals surface area contributed by atoms with E-state index in [1.54, 1.807) is 24.3 Å². The molecule has 2 aromatic carbocycles. The van der Waals surface area contributed by atoms with E-state index in [0.29, 0.717) is 21.3 Å². The van der Waals surface area contributed by atoms with Crippen molar-refractivity contribution in [2.75, 3.05) is 5.73 Å². The summed E-state index contributed by atoms with van der Waals surface area (Å²) in [6.45, 7) is 0. The molecule has 6 nitrogen and oxygen atoms in total. The SMILES string of the molecule is Nc1ccccc1C(=O)N/N=C\c1cc(Br)c(O)c(Br)c1O. The first kappa shape index (κ1) is 16.3. The Balaban J connectivity index is 2.17. The van der Waals surface area contributed by atoms with E-state index >= 15 is 0 Å². The van der Waals surface area contributed by atoms with Gasteiger partial charge in [0, 0.05) is 11.3 Å². The average molecular weight is 429 g/mol. The number of anilines is 1. The Labute approximate surface area is 142 Å². The third-order valence-electron chi connectivity index (χ3n) is 2.77. The van der Waals surface area contributed by atoms with Gasteiger partial charge in [-0.1, -0.05) is 12.1 Å². The van der Waals surface area contributed by atoms with E-state index in [9.17, 15) is 15.0 Å². The van der Waals surface area contributed by atoms with Crippen molar-refractivity contribution < 1.29 is 15.0 Å². The molecular weight excluding hydrogens is 418 g/mol. The van der Waals surface area contributed by atoms with Gasteiger partial charge in [-0.2, -0.15) is 5.10 Å². The quantitative estimate of drug-likeness (QED) is 0.342. The molecule has 114 valence electrons. The number of nitrogens with zero attached hydrogens (tertiary/aromatic N) is 1. The number of phenolic OH excluding ortho intramolecular Hbond substituents is 2. The van der Waals surface area contributed by atoms with Crippen LogP contribution in [0.2, 0.25) is 0 Å². The Morgan fingerprint density at radius 2 is 1.91 bits per heavy atom. The number of hydrogen-bond acceptors (Lipinski definition) is 5. The number of carbonyl (C=O) groups is 1. The van der Waals surface area contributed by atoms with E-state index in [-0.39, 0.29) is 16.0 Å². The molecule has 0 radical (unpaired) electrons. The molecule has 2 rings (SSSR count). The molecule has 8 heteroatoms. The minimum atomic E-state index is -0.467. The van der Waals surface area contributed by atoms with Crippen molar-refractivity contribution in [1.29, 1.82) is 0 Å². The largest absolute Gasteiger partial charge is 0.506 e. The number of carbonyl (C=O) groups excluding carboxylic acids is 1. The predicted molar refractivity (Wildman–Crippen MR) is 91.1 cm³/mol. The number of rotatable bonds is 3. The number of phenols is 2. The number of benzene rings is 2. The van der Waals surface area contributed by atoms with E-state index in [2.05, 4.69) is 42.4 Å². The third kappa shape index (κ3) is 3.40. The zero-order valence-corrected chi connectivity index (χ0v) is 14.2. The van der Waals surface area contributed by atoms with Gasteiger partial charge in [0.15, 0.2) is 0 Å². The maximum absolute atomic E-state index is 11.9. The van der Waals surface area contributed by atoms with Crippen LogP contribution in [0.15, 0.2) is 44.4 Å². The first-order valence-electron chi connectivity index (χ1n) is 5.99. The lowest BCUT2D eigenvalue weighted by Crippen LogP contribution is -2.19. The minimum Gasteiger partial charge on any atom is -0.506 e. The normalized spacial score (nSPS) is 10.8. The number of nitrogens with two attached hydrogens (primary N) is 1. The van der Waals surface area contributed by atoms with Crippen LogP contribution in [0, 0.1) is 0 Å². The van der Waals surface area contributed by atoms with E-state index in [1.165, 1.54) is 12.3 Å². The molecule has 0 aromatic heterocycles. The van der Waals surface area contributed by atoms with Crippen LogP contribution in [0.25, 0.3) is 0 Å². The van der Waals surface area contributed by atoms with Gasteiger partial charge in [-0.25, -0.2) is 5.43 Å². The van der Waals surface area contributed by atoms with Gasteiger partial charge in [0.05, 0.1) is 16.3 Å². The van der Waals surface area contributed by atoms with Crippen molar-refractivity contribution >= 4 is 49.7 Å². The van der Waals surface area contributed by atoms with E-state index in [1.807, 2.05) is 0 Å². The summed E-state index contributed by atoms with van der Waals surface area (Å²) in [5.74, 6) is -0.792. The zero-order chi connectivity index (χ0) is 16.3. The molecule has 22 heavy (non-hydrogen) atoms. The highest BCUT2D eigenvalue weighted by molar-refractivity contribution is 9.11. The standard InChI is InChI=1S/C14H11Br2N3O3/c15-9-5-7(12(20)11(16)13(9)21)6-18-19-14(22)8-3-1-2-4-10(8)17/h1-6,20-21H,17H2,(H,19,22)/b18-6-. The first-order valence-corrected chi connectivity index (χ1v) is 7.58. The molecule has 0 unspecified atom stereocenters. The van der Waals surface area contributed by atoms with Gasteiger partial charge in [-0.05, 0) is 50.1 Å². The molecular formula is C14H11Br2N3O3. The number of hydrogen-bond donors (Lipinski definition) is 4. The molecule has 2 aromatic rings. The lowest BCUT2D eigenvalue weighted by molar-refractivity contribution is 0.0956. The molecule has 0 saturated heterocycles. The maximum Gasteiger partial charge on any atom is 0.273 e. The summed E-state index contributed by atoms with van der Waals surface area (Å²) in [7, 11) is 0. The van der Waals surface area contributed by atoms with Gasteiger partial charge in [-0.15, -0.1) is 0 Å². The number of nitrogen functional groups attached to an aromatic ring is 1. The Morgan fingerprint density at radius 3 is 2.59 bits per heavy atom. The van der Waals surface area contributed by atoms with Gasteiger partial charge < -0.3 is 15.9 Å². The second-order valence-corrected chi connectivity index (χ2v) is 5.89. The summed E-state index contributed by atoms with van der Waals surface area (Å²) in [6, 6.07) is 8.06. The van der Waals surface area contributed by atoms with Crippen molar-refractivity contribution in [2.45, 2.75) is 0 Å². The number of amides is 1. The number of hydrazone groups is 1. The van der Waals surface area contributed by atoms with Crippen LogP contribution in [0.5, 0.6) is 11.5 Å². The summed E-state index contributed by atoms with van der Waals surface area (Å²) in [4.78, 5) is 11.9. The number of halogens is 2. The van der Waals surface area contributed by atoms with Gasteiger partial charge in [0.1, 0.15) is 16.0 Å². The fourth-order valence-corrected chi connectivity index (χ4v) is 2.79. The van der Waals surface area contributed by atoms with Gasteiger partial charge in [0.2, 0.25) is 0 Å². The lowest BCUT2D eigenvalue weighted by Gasteiger charge is -2.06. The van der Waals surface area contributed by atoms with E-state index < -0.39 is 5.91 Å². The van der Waals surface area contributed by atoms with Crippen molar-refractivity contribution in [3.63, 3.8) is 0 Å². The van der Waals surface area contributed by atoms with Gasteiger partial charge >= 0.3 is 0 Å². The van der Waals surface area contributed by atoms with Gasteiger partial charge in [0.25, 0.3) is 5.91 Å². The maximum atomic E-state index is 11.9. The fourth-order valence-electron chi connectivity index (χ4n) is 1.64. The van der Waals surface area contributed by atoms with Crippen LogP contribution >= 0.6 is 31.9 Å². The number of aromatic hydroxyl groups is 2. The predicted octanol–water partition coefficient (Wildman–Crippen LogP) is 2.97. The van der Waals surface area contributed by atoms with Crippen molar-refractivity contribution in [3.8, 4) is 11.5 Å². The topological polar surface area (TPSA) is 108 Å². The summed E-state index contributed by atoms with van der Waals surface area (Å²) >= 11 is 6.19. The highest BCUT2D eigenvalue weighted by Gasteiger charge is 2.13. The third-order valence-corrected chi connectivity index (χ3v) is 4.13. The van der Waals surface area contributed by atoms with E-state index in [4.69, 9.17) is 5.73 Å². The minimum absolute atomic E-state index is 0.127. The monoisotopic (exact) mass is 427 g/mol. The van der Waals surface area contributed by atoms with Gasteiger partial charge in [-0.3, -0.25) is 4.79 Å². The number of nitrogens with one attached hydrogen (secondary N) is 1. The summed E-state index contributed by atoms with van der Waals surface area (Å²) in [6.07, 6.45) is 1.25. The summed E-state index contributed by atoms with van der Waals surface area (Å²) in [5.41, 5.74) is 8.95. The second-order valence-electron chi connectivity index (χ2n) is 4.25. The van der Waals surface area contributed by atoms with Crippen LogP contribution in [0.4, 0.5) is 5.69 Å². The number of para-hydroxylation sites is 1.